The minimum absolute atomic E-state index is 0.148. The van der Waals surface area contributed by atoms with Gasteiger partial charge in [-0.15, -0.1) is 0 Å². The predicted molar refractivity (Wildman–Crippen MR) is 81.7 cm³/mol. The molecule has 0 aromatic rings. The second-order valence-corrected chi connectivity index (χ2v) is 7.57. The molecule has 0 aromatic heterocycles. The standard InChI is InChI=1S/C17H29NO2/c1-14-6-5-8-17(9-7-14)10-12-18(13-11-17)15(19)20-16(2,3)4/h1,5-13H2,2-4H3. The predicted octanol–water partition coefficient (Wildman–Crippen LogP) is 4.52. The SMILES string of the molecule is C=C1CCCC2(CC1)CCN(C(=O)OC(C)(C)C)CC2. The van der Waals surface area contributed by atoms with Crippen molar-refractivity contribution in [1.82, 2.24) is 4.90 Å². The Hall–Kier alpha value is -0.990. The van der Waals surface area contributed by atoms with E-state index in [4.69, 9.17) is 4.74 Å². The van der Waals surface area contributed by atoms with Crippen molar-refractivity contribution in [2.45, 2.75) is 71.3 Å². The number of hydrogen-bond acceptors (Lipinski definition) is 2. The van der Waals surface area contributed by atoms with Gasteiger partial charge in [0.05, 0.1) is 0 Å². The molecule has 3 nitrogen and oxygen atoms in total. The number of ether oxygens (including phenoxy) is 1. The Kier molecular flexibility index (Phi) is 4.46. The molecule has 0 bridgehead atoms. The molecule has 1 saturated carbocycles. The molecular weight excluding hydrogens is 250 g/mol. The number of likely N-dealkylation sites (tertiary alicyclic amines) is 1. The van der Waals surface area contributed by atoms with E-state index < -0.39 is 5.60 Å². The normalized spacial score (nSPS) is 23.6. The first-order valence-electron chi connectivity index (χ1n) is 7.94. The number of carbonyl (C=O) groups is 1. The number of carbonyl (C=O) groups excluding carboxylic acids is 1. The van der Waals surface area contributed by atoms with Crippen LogP contribution < -0.4 is 0 Å². The lowest BCUT2D eigenvalue weighted by atomic mass is 9.73. The quantitative estimate of drug-likeness (QED) is 0.610. The Bertz CT molecular complexity index is 373. The van der Waals surface area contributed by atoms with E-state index in [1.807, 2.05) is 25.7 Å². The fourth-order valence-corrected chi connectivity index (χ4v) is 3.40. The monoisotopic (exact) mass is 279 g/mol. The number of piperidine rings is 1. The third-order valence-electron chi connectivity index (χ3n) is 4.72. The van der Waals surface area contributed by atoms with E-state index in [9.17, 15) is 4.79 Å². The molecule has 0 unspecified atom stereocenters. The van der Waals surface area contributed by atoms with Gasteiger partial charge in [-0.05, 0) is 71.1 Å². The van der Waals surface area contributed by atoms with Gasteiger partial charge in [0.25, 0.3) is 0 Å². The van der Waals surface area contributed by atoms with E-state index in [0.29, 0.717) is 5.41 Å². The summed E-state index contributed by atoms with van der Waals surface area (Å²) in [6.07, 6.45) is 8.29. The minimum atomic E-state index is -0.397. The van der Waals surface area contributed by atoms with Crippen LogP contribution in [0.1, 0.15) is 65.7 Å². The van der Waals surface area contributed by atoms with Gasteiger partial charge >= 0.3 is 6.09 Å². The Balaban J connectivity index is 1.88. The van der Waals surface area contributed by atoms with Crippen LogP contribution in [-0.2, 0) is 4.74 Å². The lowest BCUT2D eigenvalue weighted by Crippen LogP contribution is -2.45. The van der Waals surface area contributed by atoms with Gasteiger partial charge in [0.15, 0.2) is 0 Å². The molecule has 1 saturated heterocycles. The minimum Gasteiger partial charge on any atom is -0.444 e. The van der Waals surface area contributed by atoms with Gasteiger partial charge in [0.1, 0.15) is 5.60 Å². The molecule has 1 amide bonds. The van der Waals surface area contributed by atoms with Crippen LogP contribution >= 0.6 is 0 Å². The van der Waals surface area contributed by atoms with E-state index in [2.05, 4.69) is 6.58 Å². The van der Waals surface area contributed by atoms with Crippen molar-refractivity contribution in [3.63, 3.8) is 0 Å². The Morgan fingerprint density at radius 3 is 2.40 bits per heavy atom. The Morgan fingerprint density at radius 2 is 1.80 bits per heavy atom. The highest BCUT2D eigenvalue weighted by atomic mass is 16.6. The van der Waals surface area contributed by atoms with E-state index in [1.165, 1.54) is 37.7 Å². The number of hydrogen-bond donors (Lipinski definition) is 0. The van der Waals surface area contributed by atoms with Crippen LogP contribution in [0, 0.1) is 5.41 Å². The Labute approximate surface area is 123 Å². The molecule has 20 heavy (non-hydrogen) atoms. The van der Waals surface area contributed by atoms with Crippen molar-refractivity contribution >= 4 is 6.09 Å². The maximum absolute atomic E-state index is 12.1. The third kappa shape index (κ3) is 4.00. The van der Waals surface area contributed by atoms with Crippen LogP contribution in [-0.4, -0.2) is 29.7 Å². The molecule has 2 fully saturated rings. The number of amides is 1. The van der Waals surface area contributed by atoms with Gasteiger partial charge in [-0.25, -0.2) is 4.79 Å². The third-order valence-corrected chi connectivity index (χ3v) is 4.72. The zero-order valence-corrected chi connectivity index (χ0v) is 13.3. The summed E-state index contributed by atoms with van der Waals surface area (Å²) in [6, 6.07) is 0. The van der Waals surface area contributed by atoms with Crippen molar-refractivity contribution in [3.8, 4) is 0 Å². The van der Waals surface area contributed by atoms with E-state index in [-0.39, 0.29) is 6.09 Å². The fraction of sp³-hybridized carbons (Fsp3) is 0.824. The van der Waals surface area contributed by atoms with Gasteiger partial charge in [-0.2, -0.15) is 0 Å². The van der Waals surface area contributed by atoms with Crippen LogP contribution in [0.15, 0.2) is 12.2 Å². The lowest BCUT2D eigenvalue weighted by Gasteiger charge is -2.41. The number of allylic oxidation sites excluding steroid dienone is 1. The summed E-state index contributed by atoms with van der Waals surface area (Å²) in [6.45, 7) is 11.6. The first-order chi connectivity index (χ1) is 9.30. The zero-order valence-electron chi connectivity index (χ0n) is 13.3. The summed E-state index contributed by atoms with van der Waals surface area (Å²) in [5, 5.41) is 0. The molecule has 1 aliphatic heterocycles. The maximum atomic E-state index is 12.1. The zero-order chi connectivity index (χ0) is 14.8. The molecule has 1 spiro atoms. The van der Waals surface area contributed by atoms with Crippen molar-refractivity contribution in [1.29, 1.82) is 0 Å². The van der Waals surface area contributed by atoms with Crippen LogP contribution in [0.2, 0.25) is 0 Å². The maximum Gasteiger partial charge on any atom is 0.410 e. The fourth-order valence-electron chi connectivity index (χ4n) is 3.40. The van der Waals surface area contributed by atoms with Crippen LogP contribution in [0.3, 0.4) is 0 Å². The van der Waals surface area contributed by atoms with Gasteiger partial charge in [0, 0.05) is 13.1 Å². The van der Waals surface area contributed by atoms with Gasteiger partial charge in [0.2, 0.25) is 0 Å². The highest BCUT2D eigenvalue weighted by Crippen LogP contribution is 2.44. The van der Waals surface area contributed by atoms with E-state index >= 15 is 0 Å². The summed E-state index contributed by atoms with van der Waals surface area (Å²) >= 11 is 0. The largest absolute Gasteiger partial charge is 0.444 e. The molecule has 1 aliphatic carbocycles. The van der Waals surface area contributed by atoms with Crippen LogP contribution in [0.5, 0.6) is 0 Å². The second-order valence-electron chi connectivity index (χ2n) is 7.57. The van der Waals surface area contributed by atoms with Crippen molar-refractivity contribution in [2.75, 3.05) is 13.1 Å². The van der Waals surface area contributed by atoms with Gasteiger partial charge in [-0.3, -0.25) is 0 Å². The summed E-state index contributed by atoms with van der Waals surface area (Å²) in [7, 11) is 0. The highest BCUT2D eigenvalue weighted by molar-refractivity contribution is 5.68. The molecule has 0 atom stereocenters. The number of rotatable bonds is 0. The first kappa shape index (κ1) is 15.4. The lowest BCUT2D eigenvalue weighted by molar-refractivity contribution is 0.00804. The number of nitrogens with zero attached hydrogens (tertiary/aromatic N) is 1. The summed E-state index contributed by atoms with van der Waals surface area (Å²) < 4.78 is 5.47. The van der Waals surface area contributed by atoms with Gasteiger partial charge in [-0.1, -0.05) is 12.2 Å². The topological polar surface area (TPSA) is 29.5 Å². The molecule has 0 aromatic carbocycles. The van der Waals surface area contributed by atoms with Crippen molar-refractivity contribution in [2.24, 2.45) is 5.41 Å². The summed E-state index contributed by atoms with van der Waals surface area (Å²) in [5.74, 6) is 0. The second kappa shape index (κ2) is 5.79. The highest BCUT2D eigenvalue weighted by Gasteiger charge is 2.37. The van der Waals surface area contributed by atoms with E-state index in [0.717, 1.165) is 25.9 Å². The van der Waals surface area contributed by atoms with Crippen molar-refractivity contribution < 1.29 is 9.53 Å². The average molecular weight is 279 g/mol. The average Bonchev–Trinajstić information content (AvgIpc) is 2.51. The molecule has 2 aliphatic rings. The van der Waals surface area contributed by atoms with Gasteiger partial charge < -0.3 is 9.64 Å². The summed E-state index contributed by atoms with van der Waals surface area (Å²) in [5.41, 5.74) is 1.47. The molecule has 3 heteroatoms. The van der Waals surface area contributed by atoms with E-state index in [1.54, 1.807) is 0 Å². The molecule has 114 valence electrons. The first-order valence-corrected chi connectivity index (χ1v) is 7.94. The molecule has 1 heterocycles. The van der Waals surface area contributed by atoms with Crippen LogP contribution in [0.25, 0.3) is 0 Å². The summed E-state index contributed by atoms with van der Waals surface area (Å²) in [4.78, 5) is 14.0. The molecular formula is C17H29NO2. The molecule has 0 N–H and O–H groups in total. The van der Waals surface area contributed by atoms with Crippen molar-refractivity contribution in [3.05, 3.63) is 12.2 Å². The molecule has 0 radical (unpaired) electrons. The Morgan fingerprint density at radius 1 is 1.15 bits per heavy atom. The molecule has 2 rings (SSSR count). The van der Waals surface area contributed by atoms with Crippen LogP contribution in [0.4, 0.5) is 4.79 Å². The smallest absolute Gasteiger partial charge is 0.410 e.